The van der Waals surface area contributed by atoms with E-state index in [1.54, 1.807) is 0 Å². The van der Waals surface area contributed by atoms with Crippen LogP contribution < -0.4 is 0 Å². The molecule has 0 saturated heterocycles. The smallest absolute Gasteiger partial charge is 0.264 e. The molecule has 0 radical (unpaired) electrons. The average molecular weight is 337 g/mol. The van der Waals surface area contributed by atoms with E-state index in [1.165, 1.54) is 70.6 Å². The average Bonchev–Trinajstić information content (AvgIpc) is 2.45. The predicted octanol–water partition coefficient (Wildman–Crippen LogP) is 4.68. The van der Waals surface area contributed by atoms with Crippen molar-refractivity contribution in [3.63, 3.8) is 0 Å². The van der Waals surface area contributed by atoms with Gasteiger partial charge in [0.25, 0.3) is 10.1 Å². The van der Waals surface area contributed by atoms with Crippen LogP contribution in [0.3, 0.4) is 0 Å². The van der Waals surface area contributed by atoms with Crippen molar-refractivity contribution in [2.45, 2.75) is 84.0 Å². The molecule has 0 amide bonds. The first-order chi connectivity index (χ1) is 10.6. The molecular formula is C17H36O4S. The molecule has 134 valence electrons. The highest BCUT2D eigenvalue weighted by Gasteiger charge is 2.00. The molecule has 0 aliphatic carbocycles. The molecule has 0 fully saturated rings. The normalized spacial score (nSPS) is 11.9. The summed E-state index contributed by atoms with van der Waals surface area (Å²) in [5.74, 6) is 0. The van der Waals surface area contributed by atoms with Crippen molar-refractivity contribution in [3.8, 4) is 0 Å². The molecule has 0 spiro atoms. The zero-order valence-electron chi connectivity index (χ0n) is 14.6. The fourth-order valence-corrected chi connectivity index (χ4v) is 2.76. The summed E-state index contributed by atoms with van der Waals surface area (Å²) in [4.78, 5) is 0. The molecular weight excluding hydrogens is 300 g/mol. The molecule has 0 bridgehead atoms. The monoisotopic (exact) mass is 336 g/mol. The maximum absolute atomic E-state index is 10.7. The lowest BCUT2D eigenvalue weighted by atomic mass is 10.1. The molecule has 0 aromatic carbocycles. The molecule has 0 atom stereocenters. The topological polar surface area (TPSA) is 52.6 Å². The third kappa shape index (κ3) is 19.9. The van der Waals surface area contributed by atoms with E-state index < -0.39 is 10.1 Å². The van der Waals surface area contributed by atoms with Crippen molar-refractivity contribution in [1.82, 2.24) is 0 Å². The molecule has 0 aromatic rings. The van der Waals surface area contributed by atoms with Crippen LogP contribution in [0.2, 0.25) is 0 Å². The molecule has 0 saturated carbocycles. The third-order valence-corrected chi connectivity index (χ3v) is 4.26. The van der Waals surface area contributed by atoms with E-state index in [0.29, 0.717) is 13.2 Å². The molecule has 0 heterocycles. The highest BCUT2D eigenvalue weighted by Crippen LogP contribution is 2.11. The fourth-order valence-electron chi connectivity index (χ4n) is 2.39. The van der Waals surface area contributed by atoms with Crippen molar-refractivity contribution in [1.29, 1.82) is 0 Å². The summed E-state index contributed by atoms with van der Waals surface area (Å²) in [5.41, 5.74) is 0. The second-order valence-electron chi connectivity index (χ2n) is 6.03. The van der Waals surface area contributed by atoms with Crippen LogP contribution in [-0.2, 0) is 19.0 Å². The Morgan fingerprint density at radius 3 is 1.55 bits per heavy atom. The van der Waals surface area contributed by atoms with E-state index in [1.807, 2.05) is 0 Å². The first-order valence-electron chi connectivity index (χ1n) is 8.98. The second-order valence-corrected chi connectivity index (χ2v) is 7.67. The zero-order chi connectivity index (χ0) is 16.5. The highest BCUT2D eigenvalue weighted by atomic mass is 32.2. The van der Waals surface area contributed by atoms with Crippen LogP contribution >= 0.6 is 0 Å². The molecule has 4 nitrogen and oxygen atoms in total. The Labute approximate surface area is 138 Å². The van der Waals surface area contributed by atoms with Crippen molar-refractivity contribution < 1.29 is 17.3 Å². The Morgan fingerprint density at radius 1 is 0.636 bits per heavy atom. The standard InChI is InChI=1S/C17H36O4S/c1-3-4-5-6-7-8-9-10-11-12-13-14-15-20-16-17-21-22(2,18)19/h3-17H2,1-2H3. The summed E-state index contributed by atoms with van der Waals surface area (Å²) in [6.45, 7) is 3.43. The Kier molecular flexibility index (Phi) is 15.7. The van der Waals surface area contributed by atoms with E-state index in [2.05, 4.69) is 11.1 Å². The minimum atomic E-state index is -3.32. The van der Waals surface area contributed by atoms with Crippen molar-refractivity contribution in [3.05, 3.63) is 0 Å². The molecule has 0 unspecified atom stereocenters. The number of ether oxygens (including phenoxy) is 1. The summed E-state index contributed by atoms with van der Waals surface area (Å²) in [6, 6.07) is 0. The number of unbranched alkanes of at least 4 members (excludes halogenated alkanes) is 11. The molecule has 0 N–H and O–H groups in total. The maximum Gasteiger partial charge on any atom is 0.264 e. The van der Waals surface area contributed by atoms with Gasteiger partial charge in [0.05, 0.1) is 19.5 Å². The van der Waals surface area contributed by atoms with Crippen LogP contribution in [0.4, 0.5) is 0 Å². The van der Waals surface area contributed by atoms with Gasteiger partial charge in [0.15, 0.2) is 0 Å². The molecule has 0 aliphatic rings. The van der Waals surface area contributed by atoms with Crippen molar-refractivity contribution in [2.75, 3.05) is 26.1 Å². The van der Waals surface area contributed by atoms with Gasteiger partial charge in [0.1, 0.15) is 0 Å². The van der Waals surface area contributed by atoms with Crippen LogP contribution in [0.15, 0.2) is 0 Å². The Morgan fingerprint density at radius 2 is 1.09 bits per heavy atom. The van der Waals surface area contributed by atoms with Crippen molar-refractivity contribution in [2.24, 2.45) is 0 Å². The largest absolute Gasteiger partial charge is 0.379 e. The van der Waals surface area contributed by atoms with Gasteiger partial charge in [-0.15, -0.1) is 0 Å². The van der Waals surface area contributed by atoms with Crippen LogP contribution in [0.1, 0.15) is 84.0 Å². The number of rotatable bonds is 17. The first kappa shape index (κ1) is 21.9. The molecule has 5 heteroatoms. The van der Waals surface area contributed by atoms with Gasteiger partial charge in [0.2, 0.25) is 0 Å². The van der Waals surface area contributed by atoms with Crippen LogP contribution in [0, 0.1) is 0 Å². The molecule has 0 rings (SSSR count). The van der Waals surface area contributed by atoms with Gasteiger partial charge in [-0.3, -0.25) is 4.18 Å². The quantitative estimate of drug-likeness (QED) is 0.286. The fraction of sp³-hybridized carbons (Fsp3) is 1.00. The number of hydrogen-bond acceptors (Lipinski definition) is 4. The molecule has 0 aromatic heterocycles. The molecule has 0 aliphatic heterocycles. The summed E-state index contributed by atoms with van der Waals surface area (Å²) >= 11 is 0. The third-order valence-electron chi connectivity index (χ3n) is 3.67. The summed E-state index contributed by atoms with van der Waals surface area (Å²) in [6.07, 6.45) is 17.0. The Hall–Kier alpha value is -0.130. The lowest BCUT2D eigenvalue weighted by molar-refractivity contribution is 0.0993. The van der Waals surface area contributed by atoms with Gasteiger partial charge in [-0.2, -0.15) is 8.42 Å². The Bertz CT molecular complexity index is 315. The minimum absolute atomic E-state index is 0.122. The zero-order valence-corrected chi connectivity index (χ0v) is 15.5. The van der Waals surface area contributed by atoms with Crippen LogP contribution in [0.25, 0.3) is 0 Å². The van der Waals surface area contributed by atoms with Gasteiger partial charge in [-0.05, 0) is 6.42 Å². The van der Waals surface area contributed by atoms with Gasteiger partial charge in [0, 0.05) is 6.61 Å². The van der Waals surface area contributed by atoms with Crippen LogP contribution in [0.5, 0.6) is 0 Å². The number of hydrogen-bond donors (Lipinski definition) is 0. The predicted molar refractivity (Wildman–Crippen MR) is 92.7 cm³/mol. The summed E-state index contributed by atoms with van der Waals surface area (Å²) in [5, 5.41) is 0. The van der Waals surface area contributed by atoms with Crippen molar-refractivity contribution >= 4 is 10.1 Å². The molecule has 22 heavy (non-hydrogen) atoms. The van der Waals surface area contributed by atoms with E-state index in [4.69, 9.17) is 4.74 Å². The second kappa shape index (κ2) is 15.8. The van der Waals surface area contributed by atoms with Gasteiger partial charge >= 0.3 is 0 Å². The summed E-state index contributed by atoms with van der Waals surface area (Å²) < 4.78 is 31.3. The van der Waals surface area contributed by atoms with Gasteiger partial charge < -0.3 is 4.74 Å². The maximum atomic E-state index is 10.7. The SMILES string of the molecule is CCCCCCCCCCCCCCOCCOS(C)(=O)=O. The highest BCUT2D eigenvalue weighted by molar-refractivity contribution is 7.85. The lowest BCUT2D eigenvalue weighted by Crippen LogP contribution is -2.10. The first-order valence-corrected chi connectivity index (χ1v) is 10.8. The van der Waals surface area contributed by atoms with Gasteiger partial charge in [-0.25, -0.2) is 0 Å². The lowest BCUT2D eigenvalue weighted by Gasteiger charge is -2.05. The minimum Gasteiger partial charge on any atom is -0.379 e. The van der Waals surface area contributed by atoms with E-state index in [0.717, 1.165) is 12.7 Å². The van der Waals surface area contributed by atoms with E-state index >= 15 is 0 Å². The Balaban J connectivity index is 3.03. The summed E-state index contributed by atoms with van der Waals surface area (Å²) in [7, 11) is -3.32. The van der Waals surface area contributed by atoms with Crippen LogP contribution in [-0.4, -0.2) is 34.5 Å². The van der Waals surface area contributed by atoms with E-state index in [9.17, 15) is 8.42 Å². The van der Waals surface area contributed by atoms with E-state index in [-0.39, 0.29) is 6.61 Å². The van der Waals surface area contributed by atoms with Gasteiger partial charge in [-0.1, -0.05) is 77.6 Å².